The van der Waals surface area contributed by atoms with E-state index in [1.165, 1.54) is 6.07 Å². The highest BCUT2D eigenvalue weighted by atomic mass is 19.1. The van der Waals surface area contributed by atoms with Crippen molar-refractivity contribution in [2.24, 2.45) is 0 Å². The fourth-order valence-corrected chi connectivity index (χ4v) is 1.58. The number of halogens is 1. The summed E-state index contributed by atoms with van der Waals surface area (Å²) in [6, 6.07) is 5.50. The Bertz CT molecular complexity index is 279. The molecule has 0 radical (unpaired) electrons. The van der Waals surface area contributed by atoms with Gasteiger partial charge in [0.1, 0.15) is 5.82 Å². The first-order valence-corrected chi connectivity index (χ1v) is 4.63. The Hall–Kier alpha value is -0.890. The summed E-state index contributed by atoms with van der Waals surface area (Å²) in [6.45, 7) is 3.91. The van der Waals surface area contributed by atoms with Gasteiger partial charge in [-0.2, -0.15) is 0 Å². The van der Waals surface area contributed by atoms with Gasteiger partial charge in [0, 0.05) is 6.04 Å². The molecule has 72 valence electrons. The van der Waals surface area contributed by atoms with Gasteiger partial charge in [0.25, 0.3) is 0 Å². The van der Waals surface area contributed by atoms with Gasteiger partial charge in [-0.25, -0.2) is 4.39 Å². The lowest BCUT2D eigenvalue weighted by atomic mass is 9.99. The Morgan fingerprint density at radius 1 is 1.46 bits per heavy atom. The van der Waals surface area contributed by atoms with Crippen molar-refractivity contribution in [3.8, 4) is 0 Å². The molecule has 13 heavy (non-hydrogen) atoms. The summed E-state index contributed by atoms with van der Waals surface area (Å²) in [5.41, 5.74) is 1.81. The van der Waals surface area contributed by atoms with Crippen LogP contribution in [0.15, 0.2) is 18.2 Å². The number of hydrogen-bond donors (Lipinski definition) is 1. The zero-order valence-corrected chi connectivity index (χ0v) is 8.39. The minimum absolute atomic E-state index is 0.119. The van der Waals surface area contributed by atoms with Crippen LogP contribution in [-0.4, -0.2) is 7.05 Å². The van der Waals surface area contributed by atoms with E-state index in [0.717, 1.165) is 17.5 Å². The van der Waals surface area contributed by atoms with Crippen LogP contribution in [0.3, 0.4) is 0 Å². The molecule has 0 spiro atoms. The second-order valence-electron chi connectivity index (χ2n) is 3.20. The summed E-state index contributed by atoms with van der Waals surface area (Å²) in [5, 5.41) is 3.17. The lowest BCUT2D eigenvalue weighted by Crippen LogP contribution is -2.16. The maximum absolute atomic E-state index is 13.2. The maximum atomic E-state index is 13.2. The molecule has 0 bridgehead atoms. The summed E-state index contributed by atoms with van der Waals surface area (Å²) in [7, 11) is 1.90. The van der Waals surface area contributed by atoms with Gasteiger partial charge in [0.15, 0.2) is 0 Å². The Morgan fingerprint density at radius 3 is 2.69 bits per heavy atom. The molecular weight excluding hydrogens is 165 g/mol. The second kappa shape index (κ2) is 4.38. The fourth-order valence-electron chi connectivity index (χ4n) is 1.58. The van der Waals surface area contributed by atoms with Crippen molar-refractivity contribution >= 4 is 0 Å². The van der Waals surface area contributed by atoms with Crippen LogP contribution in [-0.2, 0) is 0 Å². The molecule has 1 aromatic rings. The standard InChI is InChI=1S/C11H16FN/c1-4-11(13-3)9-6-5-7-10(12)8(9)2/h5-7,11,13H,4H2,1-3H3. The van der Waals surface area contributed by atoms with Crippen LogP contribution in [0, 0.1) is 12.7 Å². The van der Waals surface area contributed by atoms with E-state index in [1.807, 2.05) is 20.0 Å². The zero-order valence-electron chi connectivity index (χ0n) is 8.39. The normalized spacial score (nSPS) is 12.9. The lowest BCUT2D eigenvalue weighted by molar-refractivity contribution is 0.558. The van der Waals surface area contributed by atoms with Gasteiger partial charge in [0.05, 0.1) is 0 Å². The summed E-state index contributed by atoms with van der Waals surface area (Å²) in [5.74, 6) is -0.119. The minimum atomic E-state index is -0.119. The highest BCUT2D eigenvalue weighted by Gasteiger charge is 2.10. The molecule has 0 heterocycles. The van der Waals surface area contributed by atoms with Gasteiger partial charge in [-0.3, -0.25) is 0 Å². The smallest absolute Gasteiger partial charge is 0.126 e. The van der Waals surface area contributed by atoms with Crippen molar-refractivity contribution in [1.29, 1.82) is 0 Å². The van der Waals surface area contributed by atoms with Crippen LogP contribution in [0.25, 0.3) is 0 Å². The van der Waals surface area contributed by atoms with Crippen molar-refractivity contribution < 1.29 is 4.39 Å². The summed E-state index contributed by atoms with van der Waals surface area (Å²) in [6.07, 6.45) is 0.973. The van der Waals surface area contributed by atoms with E-state index >= 15 is 0 Å². The predicted molar refractivity (Wildman–Crippen MR) is 53.2 cm³/mol. The molecule has 0 aliphatic rings. The molecule has 0 amide bonds. The number of hydrogen-bond acceptors (Lipinski definition) is 1. The third-order valence-electron chi connectivity index (χ3n) is 2.44. The van der Waals surface area contributed by atoms with Crippen LogP contribution < -0.4 is 5.32 Å². The largest absolute Gasteiger partial charge is 0.313 e. The van der Waals surface area contributed by atoms with Gasteiger partial charge in [-0.15, -0.1) is 0 Å². The molecule has 1 atom stereocenters. The van der Waals surface area contributed by atoms with Crippen molar-refractivity contribution in [1.82, 2.24) is 5.32 Å². The maximum Gasteiger partial charge on any atom is 0.126 e. The highest BCUT2D eigenvalue weighted by Crippen LogP contribution is 2.21. The first-order chi connectivity index (χ1) is 6.20. The Morgan fingerprint density at radius 2 is 2.15 bits per heavy atom. The van der Waals surface area contributed by atoms with Crippen LogP contribution in [0.5, 0.6) is 0 Å². The first-order valence-electron chi connectivity index (χ1n) is 4.63. The first kappa shape index (κ1) is 10.2. The van der Waals surface area contributed by atoms with Crippen molar-refractivity contribution in [3.63, 3.8) is 0 Å². The predicted octanol–water partition coefficient (Wildman–Crippen LogP) is 2.80. The molecule has 1 N–H and O–H groups in total. The molecule has 0 saturated carbocycles. The number of benzene rings is 1. The average molecular weight is 181 g/mol. The lowest BCUT2D eigenvalue weighted by Gasteiger charge is -2.16. The van der Waals surface area contributed by atoms with Gasteiger partial charge in [-0.05, 0) is 37.6 Å². The van der Waals surface area contributed by atoms with E-state index in [9.17, 15) is 4.39 Å². The molecule has 0 saturated heterocycles. The molecule has 1 unspecified atom stereocenters. The monoisotopic (exact) mass is 181 g/mol. The van der Waals surface area contributed by atoms with E-state index in [4.69, 9.17) is 0 Å². The van der Waals surface area contributed by atoms with Crippen LogP contribution in [0.4, 0.5) is 4.39 Å². The zero-order chi connectivity index (χ0) is 9.84. The average Bonchev–Trinajstić information content (AvgIpc) is 2.14. The number of nitrogens with one attached hydrogen (secondary N) is 1. The van der Waals surface area contributed by atoms with Crippen molar-refractivity contribution in [2.75, 3.05) is 7.05 Å². The minimum Gasteiger partial charge on any atom is -0.313 e. The molecule has 0 aliphatic heterocycles. The SMILES string of the molecule is CCC(NC)c1cccc(F)c1C. The second-order valence-corrected chi connectivity index (χ2v) is 3.20. The van der Waals surface area contributed by atoms with Gasteiger partial charge < -0.3 is 5.32 Å². The number of rotatable bonds is 3. The van der Waals surface area contributed by atoms with Gasteiger partial charge in [0.2, 0.25) is 0 Å². The molecule has 1 aromatic carbocycles. The topological polar surface area (TPSA) is 12.0 Å². The van der Waals surface area contributed by atoms with Gasteiger partial charge >= 0.3 is 0 Å². The molecule has 0 fully saturated rings. The van der Waals surface area contributed by atoms with E-state index in [0.29, 0.717) is 0 Å². The van der Waals surface area contributed by atoms with Crippen LogP contribution >= 0.6 is 0 Å². The van der Waals surface area contributed by atoms with Crippen molar-refractivity contribution in [2.45, 2.75) is 26.3 Å². The summed E-state index contributed by atoms with van der Waals surface area (Å²) in [4.78, 5) is 0. The molecule has 1 nitrogen and oxygen atoms in total. The molecular formula is C11H16FN. The van der Waals surface area contributed by atoms with E-state index in [-0.39, 0.29) is 11.9 Å². The van der Waals surface area contributed by atoms with E-state index < -0.39 is 0 Å². The van der Waals surface area contributed by atoms with E-state index in [1.54, 1.807) is 6.07 Å². The highest BCUT2D eigenvalue weighted by molar-refractivity contribution is 5.29. The molecule has 1 rings (SSSR count). The third kappa shape index (κ3) is 2.07. The quantitative estimate of drug-likeness (QED) is 0.756. The summed E-state index contributed by atoms with van der Waals surface area (Å²) >= 11 is 0. The Labute approximate surface area is 79.0 Å². The van der Waals surface area contributed by atoms with Crippen LogP contribution in [0.2, 0.25) is 0 Å². The Kier molecular flexibility index (Phi) is 3.43. The fraction of sp³-hybridized carbons (Fsp3) is 0.455. The van der Waals surface area contributed by atoms with Crippen molar-refractivity contribution in [3.05, 3.63) is 35.1 Å². The molecule has 2 heteroatoms. The van der Waals surface area contributed by atoms with Crippen LogP contribution in [0.1, 0.15) is 30.5 Å². The Balaban J connectivity index is 3.05. The molecule has 0 aromatic heterocycles. The molecule has 0 aliphatic carbocycles. The van der Waals surface area contributed by atoms with E-state index in [2.05, 4.69) is 12.2 Å². The third-order valence-corrected chi connectivity index (χ3v) is 2.44. The van der Waals surface area contributed by atoms with Gasteiger partial charge in [-0.1, -0.05) is 19.1 Å². The summed E-state index contributed by atoms with van der Waals surface area (Å²) < 4.78 is 13.2.